The van der Waals surface area contributed by atoms with E-state index in [4.69, 9.17) is 5.11 Å². The van der Waals surface area contributed by atoms with Crippen LogP contribution in [0.15, 0.2) is 12.1 Å². The first kappa shape index (κ1) is 15.9. The number of aliphatic hydroxyl groups excluding tert-OH is 1. The molecule has 1 amide bonds. The maximum absolute atomic E-state index is 12.2. The summed E-state index contributed by atoms with van der Waals surface area (Å²) in [5.74, 6) is -0.967. The van der Waals surface area contributed by atoms with Crippen molar-refractivity contribution < 1.29 is 19.8 Å². The zero-order chi connectivity index (χ0) is 15.6. The number of aryl methyl sites for hydroxylation is 1. The van der Waals surface area contributed by atoms with E-state index in [0.717, 1.165) is 4.88 Å². The Morgan fingerprint density at radius 1 is 1.43 bits per heavy atom. The molecule has 1 aromatic heterocycles. The zero-order valence-corrected chi connectivity index (χ0v) is 13.0. The number of aliphatic carboxylic acids is 1. The molecule has 0 aromatic carbocycles. The SMILES string of the molecule is Cc1ccc(CC(=O)N2C[C@@H](O)[C@H](N(C)CC(=O)O)C2)s1. The second-order valence-electron chi connectivity index (χ2n) is 5.43. The van der Waals surface area contributed by atoms with Gasteiger partial charge in [0.25, 0.3) is 0 Å². The van der Waals surface area contributed by atoms with Crippen LogP contribution in [0.25, 0.3) is 0 Å². The molecule has 2 heterocycles. The van der Waals surface area contributed by atoms with Crippen molar-refractivity contribution >= 4 is 23.2 Å². The van der Waals surface area contributed by atoms with Gasteiger partial charge in [-0.2, -0.15) is 0 Å². The van der Waals surface area contributed by atoms with Gasteiger partial charge in [-0.25, -0.2) is 0 Å². The van der Waals surface area contributed by atoms with Crippen molar-refractivity contribution in [2.45, 2.75) is 25.5 Å². The highest BCUT2D eigenvalue weighted by Crippen LogP contribution is 2.20. The first-order valence-electron chi connectivity index (χ1n) is 6.80. The minimum atomic E-state index is -0.941. The summed E-state index contributed by atoms with van der Waals surface area (Å²) in [6.45, 7) is 2.48. The van der Waals surface area contributed by atoms with Gasteiger partial charge in [-0.3, -0.25) is 14.5 Å². The van der Waals surface area contributed by atoms with E-state index in [9.17, 15) is 14.7 Å². The lowest BCUT2D eigenvalue weighted by Gasteiger charge is -2.24. The van der Waals surface area contributed by atoms with E-state index in [1.807, 2.05) is 19.1 Å². The van der Waals surface area contributed by atoms with Crippen LogP contribution in [0.2, 0.25) is 0 Å². The Hall–Kier alpha value is -1.44. The fourth-order valence-electron chi connectivity index (χ4n) is 2.58. The van der Waals surface area contributed by atoms with Crippen LogP contribution in [0.4, 0.5) is 0 Å². The van der Waals surface area contributed by atoms with E-state index in [-0.39, 0.29) is 25.0 Å². The molecule has 0 radical (unpaired) electrons. The Morgan fingerprint density at radius 3 is 2.71 bits per heavy atom. The number of β-amino-alcohol motifs (C(OH)–C–C–N with tert-alkyl or cyclic N) is 1. The van der Waals surface area contributed by atoms with Crippen LogP contribution in [0, 0.1) is 6.92 Å². The second kappa shape index (κ2) is 6.55. The summed E-state index contributed by atoms with van der Waals surface area (Å²) in [6, 6.07) is 3.60. The van der Waals surface area contributed by atoms with Gasteiger partial charge in [0.1, 0.15) is 0 Å². The Bertz CT molecular complexity index is 531. The second-order valence-corrected chi connectivity index (χ2v) is 6.80. The maximum atomic E-state index is 12.2. The highest BCUT2D eigenvalue weighted by atomic mass is 32.1. The number of aliphatic hydroxyl groups is 1. The minimum absolute atomic E-state index is 0.0258. The normalized spacial score (nSPS) is 22.0. The number of hydrogen-bond acceptors (Lipinski definition) is 5. The fraction of sp³-hybridized carbons (Fsp3) is 0.571. The Balaban J connectivity index is 1.93. The molecule has 0 bridgehead atoms. The number of amides is 1. The number of thiophene rings is 1. The van der Waals surface area contributed by atoms with Gasteiger partial charge in [-0.15, -0.1) is 11.3 Å². The summed E-state index contributed by atoms with van der Waals surface area (Å²) in [7, 11) is 1.65. The van der Waals surface area contributed by atoms with Gasteiger partial charge in [0.2, 0.25) is 5.91 Å². The molecule has 0 spiro atoms. The Morgan fingerprint density at radius 2 is 2.14 bits per heavy atom. The van der Waals surface area contributed by atoms with Crippen LogP contribution in [-0.2, 0) is 16.0 Å². The number of nitrogens with zero attached hydrogens (tertiary/aromatic N) is 2. The van der Waals surface area contributed by atoms with Gasteiger partial charge in [-0.05, 0) is 26.1 Å². The summed E-state index contributed by atoms with van der Waals surface area (Å²) < 4.78 is 0. The topological polar surface area (TPSA) is 81.1 Å². The van der Waals surface area contributed by atoms with Crippen molar-refractivity contribution in [3.63, 3.8) is 0 Å². The number of likely N-dealkylation sites (tertiary alicyclic amines) is 1. The molecular formula is C14H20N2O4S. The van der Waals surface area contributed by atoms with Crippen molar-refractivity contribution in [2.75, 3.05) is 26.7 Å². The predicted octanol–water partition coefficient (Wildman–Crippen LogP) is 0.187. The minimum Gasteiger partial charge on any atom is -0.480 e. The fourth-order valence-corrected chi connectivity index (χ4v) is 3.46. The smallest absolute Gasteiger partial charge is 0.317 e. The average Bonchev–Trinajstić information content (AvgIpc) is 2.95. The quantitative estimate of drug-likeness (QED) is 0.811. The number of rotatable bonds is 5. The predicted molar refractivity (Wildman–Crippen MR) is 79.4 cm³/mol. The van der Waals surface area contributed by atoms with Crippen LogP contribution in [0.5, 0.6) is 0 Å². The standard InChI is InChI=1S/C14H20N2O4S/c1-9-3-4-10(21-9)5-13(18)16-6-11(12(17)7-16)15(2)8-14(19)20/h3-4,11-12,17H,5-8H2,1-2H3,(H,19,20)/t11-,12-/m1/s1. The van der Waals surface area contributed by atoms with E-state index < -0.39 is 12.1 Å². The van der Waals surface area contributed by atoms with Crippen molar-refractivity contribution in [2.24, 2.45) is 0 Å². The molecule has 7 heteroatoms. The lowest BCUT2D eigenvalue weighted by atomic mass is 10.2. The van der Waals surface area contributed by atoms with Crippen LogP contribution >= 0.6 is 11.3 Å². The summed E-state index contributed by atoms with van der Waals surface area (Å²) in [4.78, 5) is 28.3. The van der Waals surface area contributed by atoms with Gasteiger partial charge >= 0.3 is 5.97 Å². The van der Waals surface area contributed by atoms with E-state index in [1.165, 1.54) is 4.88 Å². The Labute approximate surface area is 127 Å². The molecule has 0 aliphatic carbocycles. The molecule has 21 heavy (non-hydrogen) atoms. The largest absolute Gasteiger partial charge is 0.480 e. The molecule has 1 aliphatic heterocycles. The van der Waals surface area contributed by atoms with Gasteiger partial charge in [0.15, 0.2) is 0 Å². The van der Waals surface area contributed by atoms with Crippen LogP contribution < -0.4 is 0 Å². The molecule has 1 saturated heterocycles. The van der Waals surface area contributed by atoms with Crippen molar-refractivity contribution in [3.8, 4) is 0 Å². The maximum Gasteiger partial charge on any atom is 0.317 e. The number of hydrogen-bond donors (Lipinski definition) is 2. The molecule has 116 valence electrons. The van der Waals surface area contributed by atoms with E-state index in [1.54, 1.807) is 28.2 Å². The first-order chi connectivity index (χ1) is 9.86. The molecule has 6 nitrogen and oxygen atoms in total. The molecule has 2 N–H and O–H groups in total. The third kappa shape index (κ3) is 4.03. The molecule has 0 saturated carbocycles. The van der Waals surface area contributed by atoms with Gasteiger partial charge in [0, 0.05) is 22.8 Å². The third-order valence-electron chi connectivity index (χ3n) is 3.68. The van der Waals surface area contributed by atoms with E-state index in [0.29, 0.717) is 13.0 Å². The Kier molecular flexibility index (Phi) is 4.97. The van der Waals surface area contributed by atoms with Crippen LogP contribution in [0.1, 0.15) is 9.75 Å². The number of likely N-dealkylation sites (N-methyl/N-ethyl adjacent to an activating group) is 1. The molecule has 1 aromatic rings. The molecular weight excluding hydrogens is 292 g/mol. The molecule has 0 unspecified atom stereocenters. The van der Waals surface area contributed by atoms with Crippen molar-refractivity contribution in [1.82, 2.24) is 9.80 Å². The summed E-state index contributed by atoms with van der Waals surface area (Å²) in [5.41, 5.74) is 0. The van der Waals surface area contributed by atoms with Crippen LogP contribution in [-0.4, -0.2) is 70.7 Å². The van der Waals surface area contributed by atoms with Crippen molar-refractivity contribution in [1.29, 1.82) is 0 Å². The van der Waals surface area contributed by atoms with Crippen LogP contribution in [0.3, 0.4) is 0 Å². The average molecular weight is 312 g/mol. The highest BCUT2D eigenvalue weighted by molar-refractivity contribution is 7.12. The van der Waals surface area contributed by atoms with Gasteiger partial charge < -0.3 is 15.1 Å². The summed E-state index contributed by atoms with van der Waals surface area (Å²) in [5, 5.41) is 18.8. The number of carboxylic acids is 1. The first-order valence-corrected chi connectivity index (χ1v) is 7.61. The highest BCUT2D eigenvalue weighted by Gasteiger charge is 2.36. The summed E-state index contributed by atoms with van der Waals surface area (Å²) >= 11 is 1.59. The van der Waals surface area contributed by atoms with Gasteiger partial charge in [0.05, 0.1) is 25.1 Å². The monoisotopic (exact) mass is 312 g/mol. The number of carbonyl (C=O) groups excluding carboxylic acids is 1. The van der Waals surface area contributed by atoms with Crippen molar-refractivity contribution in [3.05, 3.63) is 21.9 Å². The lowest BCUT2D eigenvalue weighted by molar-refractivity contribution is -0.138. The van der Waals surface area contributed by atoms with E-state index >= 15 is 0 Å². The molecule has 2 rings (SSSR count). The zero-order valence-electron chi connectivity index (χ0n) is 12.2. The van der Waals surface area contributed by atoms with E-state index in [2.05, 4.69) is 0 Å². The third-order valence-corrected chi connectivity index (χ3v) is 4.68. The molecule has 2 atom stereocenters. The van der Waals surface area contributed by atoms with Gasteiger partial charge in [-0.1, -0.05) is 0 Å². The molecule has 1 fully saturated rings. The summed E-state index contributed by atoms with van der Waals surface area (Å²) in [6.07, 6.45) is -0.371. The number of carbonyl (C=O) groups is 2. The number of carboxylic acid groups (broad SMARTS) is 1. The lowest BCUT2D eigenvalue weighted by Crippen LogP contribution is -2.43. The molecule has 1 aliphatic rings.